The molecule has 0 radical (unpaired) electrons. The summed E-state index contributed by atoms with van der Waals surface area (Å²) in [6.45, 7) is 2.31. The molecule has 3 heterocycles. The molecule has 156 valence electrons. The number of carbonyl (C=O) groups is 1. The molecule has 31 heavy (non-hydrogen) atoms. The van der Waals surface area contributed by atoms with Crippen LogP contribution in [0.4, 0.5) is 5.69 Å². The van der Waals surface area contributed by atoms with Crippen LogP contribution in [0, 0.1) is 6.92 Å². The van der Waals surface area contributed by atoms with E-state index in [4.69, 9.17) is 4.74 Å². The molecule has 3 aromatic heterocycles. The zero-order valence-electron chi connectivity index (χ0n) is 17.1. The van der Waals surface area contributed by atoms with Crippen LogP contribution in [0.15, 0.2) is 78.1 Å². The van der Waals surface area contributed by atoms with E-state index in [1.807, 2.05) is 30.3 Å². The molecule has 0 saturated heterocycles. The molecule has 0 bridgehead atoms. The fourth-order valence-corrected chi connectivity index (χ4v) is 3.22. The maximum absolute atomic E-state index is 13.0. The number of aryl methyl sites for hydroxylation is 1. The monoisotopic (exact) mass is 415 g/mol. The molecular formula is C23H21N5O3. The number of nitrogens with one attached hydrogen (secondary N) is 1. The van der Waals surface area contributed by atoms with Crippen LogP contribution in [0.2, 0.25) is 0 Å². The van der Waals surface area contributed by atoms with Crippen LogP contribution in [0.5, 0.6) is 5.88 Å². The smallest absolute Gasteiger partial charge is 0.268 e. The molecule has 1 N–H and O–H groups in total. The lowest BCUT2D eigenvalue weighted by Gasteiger charge is -2.11. The molecule has 8 heteroatoms. The van der Waals surface area contributed by atoms with Crippen LogP contribution in [0.1, 0.15) is 21.5 Å². The Morgan fingerprint density at radius 3 is 2.61 bits per heavy atom. The highest BCUT2D eigenvalue weighted by molar-refractivity contribution is 6.04. The van der Waals surface area contributed by atoms with Gasteiger partial charge >= 0.3 is 0 Å². The minimum atomic E-state index is -0.488. The van der Waals surface area contributed by atoms with Crippen molar-refractivity contribution in [2.75, 3.05) is 12.4 Å². The van der Waals surface area contributed by atoms with Gasteiger partial charge < -0.3 is 10.1 Å². The summed E-state index contributed by atoms with van der Waals surface area (Å²) in [5, 5.41) is 7.05. The third-order valence-electron chi connectivity index (χ3n) is 4.81. The van der Waals surface area contributed by atoms with Crippen molar-refractivity contribution in [1.29, 1.82) is 0 Å². The number of hydrogen-bond acceptors (Lipinski definition) is 5. The number of methoxy groups -OCH3 is 1. The summed E-state index contributed by atoms with van der Waals surface area (Å²) in [4.78, 5) is 30.1. The van der Waals surface area contributed by atoms with E-state index in [0.29, 0.717) is 29.4 Å². The summed E-state index contributed by atoms with van der Waals surface area (Å²) < 4.78 is 8.16. The summed E-state index contributed by atoms with van der Waals surface area (Å²) in [6, 6.07) is 15.0. The number of pyridine rings is 2. The van der Waals surface area contributed by atoms with E-state index in [9.17, 15) is 9.59 Å². The van der Waals surface area contributed by atoms with Gasteiger partial charge in [-0.15, -0.1) is 0 Å². The Bertz CT molecular complexity index is 1260. The third-order valence-corrected chi connectivity index (χ3v) is 4.81. The summed E-state index contributed by atoms with van der Waals surface area (Å²) in [5.41, 5.74) is 2.36. The number of benzene rings is 1. The van der Waals surface area contributed by atoms with Crippen LogP contribution in [-0.4, -0.2) is 32.3 Å². The molecule has 0 aliphatic carbocycles. The van der Waals surface area contributed by atoms with E-state index < -0.39 is 11.5 Å². The first-order valence-corrected chi connectivity index (χ1v) is 9.65. The van der Waals surface area contributed by atoms with E-state index >= 15 is 0 Å². The van der Waals surface area contributed by atoms with Crippen LogP contribution >= 0.6 is 0 Å². The Balaban J connectivity index is 1.56. The number of rotatable bonds is 6. The van der Waals surface area contributed by atoms with Crippen molar-refractivity contribution in [3.8, 4) is 11.6 Å². The number of nitrogens with zero attached hydrogens (tertiary/aromatic N) is 4. The van der Waals surface area contributed by atoms with Crippen LogP contribution in [-0.2, 0) is 6.54 Å². The molecule has 0 spiro atoms. The first kappa shape index (κ1) is 20.1. The van der Waals surface area contributed by atoms with Crippen molar-refractivity contribution in [3.63, 3.8) is 0 Å². The van der Waals surface area contributed by atoms with Crippen molar-refractivity contribution < 1.29 is 9.53 Å². The second-order valence-corrected chi connectivity index (χ2v) is 6.97. The summed E-state index contributed by atoms with van der Waals surface area (Å²) in [5.74, 6) is -0.0491. The molecule has 8 nitrogen and oxygen atoms in total. The molecule has 1 amide bonds. The summed E-state index contributed by atoms with van der Waals surface area (Å²) in [6.07, 6.45) is 6.43. The topological polar surface area (TPSA) is 91.0 Å². The number of carbonyl (C=O) groups excluding carboxylic acids is 1. The molecule has 0 fully saturated rings. The molecule has 0 unspecified atom stereocenters. The molecule has 0 aliphatic heterocycles. The first-order valence-electron chi connectivity index (χ1n) is 9.65. The van der Waals surface area contributed by atoms with Gasteiger partial charge in [-0.2, -0.15) is 5.10 Å². The van der Waals surface area contributed by atoms with Gasteiger partial charge in [-0.1, -0.05) is 30.3 Å². The highest BCUT2D eigenvalue weighted by Gasteiger charge is 2.17. The fourth-order valence-electron chi connectivity index (χ4n) is 3.22. The van der Waals surface area contributed by atoms with E-state index in [0.717, 1.165) is 5.56 Å². The van der Waals surface area contributed by atoms with Gasteiger partial charge in [0.25, 0.3) is 11.5 Å². The molecular weight excluding hydrogens is 394 g/mol. The predicted molar refractivity (Wildman–Crippen MR) is 117 cm³/mol. The van der Waals surface area contributed by atoms with E-state index in [2.05, 4.69) is 15.4 Å². The van der Waals surface area contributed by atoms with Crippen molar-refractivity contribution in [2.24, 2.45) is 0 Å². The maximum Gasteiger partial charge on any atom is 0.268 e. The van der Waals surface area contributed by atoms with Gasteiger partial charge in [-0.25, -0.2) is 4.98 Å². The maximum atomic E-state index is 13.0. The van der Waals surface area contributed by atoms with Crippen molar-refractivity contribution in [2.45, 2.75) is 13.5 Å². The quantitative estimate of drug-likeness (QED) is 0.523. The third kappa shape index (κ3) is 4.37. The number of hydrogen-bond donors (Lipinski definition) is 1. The number of anilines is 1. The van der Waals surface area contributed by atoms with Crippen LogP contribution in [0.3, 0.4) is 0 Å². The van der Waals surface area contributed by atoms with E-state index in [-0.39, 0.29) is 5.56 Å². The Morgan fingerprint density at radius 2 is 1.90 bits per heavy atom. The SMILES string of the molecule is COc1ccc(-n2ccc(C)c(C(=O)Nc3cnn(Cc4ccccc4)c3)c2=O)cn1. The summed E-state index contributed by atoms with van der Waals surface area (Å²) >= 11 is 0. The van der Waals surface area contributed by atoms with Crippen molar-refractivity contribution in [1.82, 2.24) is 19.3 Å². The van der Waals surface area contributed by atoms with Gasteiger partial charge in [-0.3, -0.25) is 18.8 Å². The fraction of sp³-hybridized carbons (Fsp3) is 0.130. The van der Waals surface area contributed by atoms with Crippen molar-refractivity contribution in [3.05, 3.63) is 100 Å². The standard InChI is InChI=1S/C23H21N5O3/c1-16-10-11-28(19-8-9-20(31-2)24-13-19)23(30)21(16)22(29)26-18-12-25-27(15-18)14-17-6-4-3-5-7-17/h3-13,15H,14H2,1-2H3,(H,26,29). The highest BCUT2D eigenvalue weighted by atomic mass is 16.5. The molecule has 0 aliphatic rings. The van der Waals surface area contributed by atoms with Crippen molar-refractivity contribution >= 4 is 11.6 Å². The largest absolute Gasteiger partial charge is 0.481 e. The Hall–Kier alpha value is -4.20. The van der Waals surface area contributed by atoms with Gasteiger partial charge in [0.1, 0.15) is 5.56 Å². The van der Waals surface area contributed by atoms with E-state index in [1.165, 1.54) is 17.9 Å². The number of ether oxygens (including phenoxy) is 1. The second kappa shape index (κ2) is 8.66. The average Bonchev–Trinajstić information content (AvgIpc) is 3.21. The van der Waals surface area contributed by atoms with E-state index in [1.54, 1.807) is 48.4 Å². The molecule has 1 aromatic carbocycles. The Morgan fingerprint density at radius 1 is 1.10 bits per heavy atom. The summed E-state index contributed by atoms with van der Waals surface area (Å²) in [7, 11) is 1.52. The normalized spacial score (nSPS) is 10.6. The van der Waals surface area contributed by atoms with Gasteiger partial charge in [0.15, 0.2) is 0 Å². The Kier molecular flexibility index (Phi) is 5.61. The molecule has 4 aromatic rings. The highest BCUT2D eigenvalue weighted by Crippen LogP contribution is 2.13. The minimum Gasteiger partial charge on any atom is -0.481 e. The van der Waals surface area contributed by atoms with Gasteiger partial charge in [-0.05, 0) is 30.2 Å². The molecule has 0 saturated carbocycles. The number of aromatic nitrogens is 4. The predicted octanol–water partition coefficient (Wildman–Crippen LogP) is 3.05. The minimum absolute atomic E-state index is 0.0640. The first-order chi connectivity index (χ1) is 15.0. The second-order valence-electron chi connectivity index (χ2n) is 6.97. The Labute approximate surface area is 178 Å². The molecule has 4 rings (SSSR count). The van der Waals surface area contributed by atoms with Gasteiger partial charge in [0.2, 0.25) is 5.88 Å². The van der Waals surface area contributed by atoms with Crippen LogP contribution < -0.4 is 15.6 Å². The average molecular weight is 415 g/mol. The van der Waals surface area contributed by atoms with Gasteiger partial charge in [0, 0.05) is 18.5 Å². The lowest BCUT2D eigenvalue weighted by Crippen LogP contribution is -2.29. The molecule has 0 atom stereocenters. The lowest BCUT2D eigenvalue weighted by molar-refractivity contribution is 0.102. The lowest BCUT2D eigenvalue weighted by atomic mass is 10.1. The number of amides is 1. The van der Waals surface area contributed by atoms with Crippen LogP contribution in [0.25, 0.3) is 5.69 Å². The zero-order valence-corrected chi connectivity index (χ0v) is 17.1. The zero-order chi connectivity index (χ0) is 21.8. The van der Waals surface area contributed by atoms with Gasteiger partial charge in [0.05, 0.1) is 37.4 Å².